The zero-order chi connectivity index (χ0) is 10.6. The van der Waals surface area contributed by atoms with Gasteiger partial charge < -0.3 is 19.3 Å². The topological polar surface area (TPSA) is 47.9 Å². The van der Waals surface area contributed by atoms with Crippen molar-refractivity contribution in [3.05, 3.63) is 6.42 Å². The number of aliphatic hydroxyl groups is 1. The average Bonchev–Trinajstić information content (AvgIpc) is 2.21. The number of ether oxygens (including phenoxy) is 3. The van der Waals surface area contributed by atoms with Crippen LogP contribution in [0.1, 0.15) is 0 Å². The summed E-state index contributed by atoms with van der Waals surface area (Å²) in [5.41, 5.74) is -0.579. The molecule has 5 heteroatoms. The Kier molecular flexibility index (Phi) is 10.6. The number of hydrogen-bond donors (Lipinski definition) is 2. The van der Waals surface area contributed by atoms with Gasteiger partial charge in [-0.1, -0.05) is 0 Å². The fraction of sp³-hybridized carbons (Fsp3) is 0.778. The second-order valence-electron chi connectivity index (χ2n) is 2.32. The van der Waals surface area contributed by atoms with Gasteiger partial charge in [-0.3, -0.25) is 0 Å². The lowest BCUT2D eigenvalue weighted by atomic mass is 10.7. The summed E-state index contributed by atoms with van der Waals surface area (Å²) in [4.78, 5) is 0. The maximum Gasteiger partial charge on any atom is 0.163 e. The summed E-state index contributed by atoms with van der Waals surface area (Å²) in [5, 5.41) is 8.38. The summed E-state index contributed by atoms with van der Waals surface area (Å²) in [5.74, 6) is 2.07. The van der Waals surface area contributed by atoms with E-state index in [-0.39, 0.29) is 6.61 Å². The number of rotatable bonds is 9. The van der Waals surface area contributed by atoms with Gasteiger partial charge in [0.25, 0.3) is 0 Å². The van der Waals surface area contributed by atoms with Crippen LogP contribution in [-0.4, -0.2) is 50.2 Å². The molecule has 0 aliphatic carbocycles. The summed E-state index contributed by atoms with van der Waals surface area (Å²) < 4.78 is 15.1. The van der Waals surface area contributed by atoms with Gasteiger partial charge in [-0.2, -0.15) is 0 Å². The normalized spacial score (nSPS) is 12.4. The lowest BCUT2D eigenvalue weighted by Crippen LogP contribution is -2.12. The molecule has 0 fully saturated rings. The van der Waals surface area contributed by atoms with Crippen LogP contribution in [0.4, 0.5) is 0 Å². The summed E-state index contributed by atoms with van der Waals surface area (Å²) in [7, 11) is 0. The fourth-order valence-corrected chi connectivity index (χ4v) is 0.752. The summed E-state index contributed by atoms with van der Waals surface area (Å²) in [6.45, 7) is 2.10. The molecule has 0 saturated carbocycles. The summed E-state index contributed by atoms with van der Waals surface area (Å²) in [6, 6.07) is 0. The van der Waals surface area contributed by atoms with Crippen LogP contribution in [0.15, 0.2) is 0 Å². The van der Waals surface area contributed by atoms with E-state index in [9.17, 15) is 0 Å². The van der Waals surface area contributed by atoms with Crippen LogP contribution in [0.25, 0.3) is 0 Å². The molecule has 0 saturated heterocycles. The molecular formula is C9H15O4S. The number of thiol groups is 1. The van der Waals surface area contributed by atoms with E-state index in [1.807, 2.05) is 0 Å². The number of aliphatic hydroxyl groups excluding tert-OH is 1. The Labute approximate surface area is 89.9 Å². The number of hydrogen-bond acceptors (Lipinski definition) is 5. The highest BCUT2D eigenvalue weighted by Crippen LogP contribution is 1.93. The Morgan fingerprint density at radius 1 is 1.14 bits per heavy atom. The first-order valence-electron chi connectivity index (χ1n) is 4.29. The van der Waals surface area contributed by atoms with Gasteiger partial charge in [-0.05, 0) is 12.3 Å². The van der Waals surface area contributed by atoms with Crippen molar-refractivity contribution in [1.29, 1.82) is 0 Å². The highest BCUT2D eigenvalue weighted by molar-refractivity contribution is 7.81. The van der Waals surface area contributed by atoms with E-state index in [4.69, 9.17) is 25.7 Å². The minimum atomic E-state index is -0.579. The highest BCUT2D eigenvalue weighted by atomic mass is 32.1. The van der Waals surface area contributed by atoms with Crippen molar-refractivity contribution in [3.63, 3.8) is 0 Å². The lowest BCUT2D eigenvalue weighted by molar-refractivity contribution is 0.00925. The Balaban J connectivity index is 2.96. The monoisotopic (exact) mass is 219 g/mol. The smallest absolute Gasteiger partial charge is 0.163 e. The van der Waals surface area contributed by atoms with Gasteiger partial charge in [0, 0.05) is 0 Å². The molecule has 0 bridgehead atoms. The van der Waals surface area contributed by atoms with Gasteiger partial charge in [-0.15, -0.1) is 12.6 Å². The molecule has 4 nitrogen and oxygen atoms in total. The molecule has 0 aromatic rings. The predicted octanol–water partition coefficient (Wildman–Crippen LogP) is -0.126. The highest BCUT2D eigenvalue weighted by Gasteiger charge is 1.96. The van der Waals surface area contributed by atoms with Crippen molar-refractivity contribution >= 4 is 12.6 Å². The van der Waals surface area contributed by atoms with Gasteiger partial charge in [0.2, 0.25) is 0 Å². The molecule has 0 rings (SSSR count). The third-order valence-electron chi connectivity index (χ3n) is 1.23. The SMILES string of the molecule is [C]#CC(S)OCCOCCOCCO. The zero-order valence-corrected chi connectivity index (χ0v) is 8.83. The van der Waals surface area contributed by atoms with Crippen molar-refractivity contribution < 1.29 is 19.3 Å². The first-order valence-corrected chi connectivity index (χ1v) is 4.81. The second-order valence-corrected chi connectivity index (χ2v) is 2.78. The minimum absolute atomic E-state index is 0.0274. The maximum absolute atomic E-state index is 8.38. The Bertz CT molecular complexity index is 157. The lowest BCUT2D eigenvalue weighted by Gasteiger charge is -2.06. The van der Waals surface area contributed by atoms with Crippen LogP contribution in [0.3, 0.4) is 0 Å². The summed E-state index contributed by atoms with van der Waals surface area (Å²) in [6.07, 6.45) is 6.67. The van der Waals surface area contributed by atoms with Crippen molar-refractivity contribution in [2.45, 2.75) is 5.44 Å². The average molecular weight is 219 g/mol. The quantitative estimate of drug-likeness (QED) is 0.245. The molecule has 1 N–H and O–H groups in total. The Morgan fingerprint density at radius 3 is 2.29 bits per heavy atom. The standard InChI is InChI=1S/C9H15O4S/c1-2-9(14)13-8-7-12-6-5-11-4-3-10/h9-10,14H,3-8H2. The van der Waals surface area contributed by atoms with Crippen molar-refractivity contribution in [2.24, 2.45) is 0 Å². The first-order chi connectivity index (χ1) is 6.81. The molecule has 0 aliphatic rings. The molecule has 0 aromatic heterocycles. The maximum atomic E-state index is 8.38. The van der Waals surface area contributed by atoms with Crippen LogP contribution in [-0.2, 0) is 14.2 Å². The molecule has 0 heterocycles. The van der Waals surface area contributed by atoms with Crippen molar-refractivity contribution in [2.75, 3.05) is 39.6 Å². The molecule has 81 valence electrons. The largest absolute Gasteiger partial charge is 0.394 e. The van der Waals surface area contributed by atoms with Crippen LogP contribution < -0.4 is 0 Å². The minimum Gasteiger partial charge on any atom is -0.394 e. The van der Waals surface area contributed by atoms with Crippen LogP contribution >= 0.6 is 12.6 Å². The van der Waals surface area contributed by atoms with Crippen LogP contribution in [0.5, 0.6) is 0 Å². The molecule has 1 atom stereocenters. The first kappa shape index (κ1) is 13.8. The summed E-state index contributed by atoms with van der Waals surface area (Å²) >= 11 is 3.87. The van der Waals surface area contributed by atoms with Crippen LogP contribution in [0, 0.1) is 12.3 Å². The Morgan fingerprint density at radius 2 is 1.71 bits per heavy atom. The molecule has 1 unspecified atom stereocenters. The van der Waals surface area contributed by atoms with E-state index < -0.39 is 5.44 Å². The molecule has 0 aliphatic heterocycles. The molecule has 14 heavy (non-hydrogen) atoms. The van der Waals surface area contributed by atoms with E-state index in [0.29, 0.717) is 33.0 Å². The third kappa shape index (κ3) is 9.84. The Hall–Kier alpha value is -0.250. The van der Waals surface area contributed by atoms with Gasteiger partial charge in [0.1, 0.15) is 0 Å². The molecule has 0 spiro atoms. The molecule has 0 amide bonds. The van der Waals surface area contributed by atoms with Gasteiger partial charge in [0.15, 0.2) is 5.44 Å². The van der Waals surface area contributed by atoms with E-state index in [2.05, 4.69) is 18.5 Å². The van der Waals surface area contributed by atoms with Gasteiger partial charge >= 0.3 is 0 Å². The van der Waals surface area contributed by atoms with Crippen molar-refractivity contribution in [3.8, 4) is 5.92 Å². The molecular weight excluding hydrogens is 204 g/mol. The van der Waals surface area contributed by atoms with Crippen molar-refractivity contribution in [1.82, 2.24) is 0 Å². The second kappa shape index (κ2) is 10.8. The van der Waals surface area contributed by atoms with Gasteiger partial charge in [0.05, 0.1) is 39.6 Å². The van der Waals surface area contributed by atoms with E-state index in [0.717, 1.165) is 0 Å². The fourth-order valence-electron chi connectivity index (χ4n) is 0.647. The zero-order valence-electron chi connectivity index (χ0n) is 7.94. The van der Waals surface area contributed by atoms with E-state index >= 15 is 0 Å². The molecule has 0 aromatic carbocycles. The third-order valence-corrected chi connectivity index (χ3v) is 1.51. The van der Waals surface area contributed by atoms with Crippen LogP contribution in [0.2, 0.25) is 0 Å². The predicted molar refractivity (Wildman–Crippen MR) is 54.6 cm³/mol. The van der Waals surface area contributed by atoms with E-state index in [1.165, 1.54) is 0 Å². The van der Waals surface area contributed by atoms with E-state index in [1.54, 1.807) is 0 Å². The van der Waals surface area contributed by atoms with Gasteiger partial charge in [-0.25, -0.2) is 0 Å². The molecule has 1 radical (unpaired) electrons.